The second kappa shape index (κ2) is 8.43. The summed E-state index contributed by atoms with van der Waals surface area (Å²) in [6.07, 6.45) is 0.211. The van der Waals surface area contributed by atoms with Gasteiger partial charge in [-0.1, -0.05) is 24.8 Å². The van der Waals surface area contributed by atoms with Crippen molar-refractivity contribution in [2.45, 2.75) is 26.2 Å². The van der Waals surface area contributed by atoms with Gasteiger partial charge in [-0.3, -0.25) is 4.79 Å². The number of hydrogen-bond donors (Lipinski definition) is 3. The van der Waals surface area contributed by atoms with Crippen LogP contribution in [0.2, 0.25) is 0 Å². The Morgan fingerprint density at radius 2 is 2.00 bits per heavy atom. The van der Waals surface area contributed by atoms with Gasteiger partial charge < -0.3 is 15.4 Å². The number of benzene rings is 1. The minimum atomic E-state index is -3.71. The Morgan fingerprint density at radius 3 is 2.50 bits per heavy atom. The summed E-state index contributed by atoms with van der Waals surface area (Å²) in [4.78, 5) is 12.0. The molecule has 0 fully saturated rings. The van der Waals surface area contributed by atoms with Gasteiger partial charge in [0.05, 0.1) is 12.5 Å². The van der Waals surface area contributed by atoms with Crippen molar-refractivity contribution in [1.82, 2.24) is 9.62 Å². The normalized spacial score (nSPS) is 12.8. The molecule has 0 aliphatic carbocycles. The summed E-state index contributed by atoms with van der Waals surface area (Å²) >= 11 is 0. The second-order valence-electron chi connectivity index (χ2n) is 5.68. The molecule has 1 aromatic carbocycles. The summed E-state index contributed by atoms with van der Waals surface area (Å²) in [5.41, 5.74) is 3.01. The van der Waals surface area contributed by atoms with Crippen LogP contribution in [0, 0.1) is 13.8 Å². The fourth-order valence-electron chi connectivity index (χ4n) is 2.09. The van der Waals surface area contributed by atoms with Crippen LogP contribution < -0.4 is 5.32 Å². The van der Waals surface area contributed by atoms with Crippen LogP contribution in [0.5, 0.6) is 0 Å². The summed E-state index contributed by atoms with van der Waals surface area (Å²) in [5, 5.41) is 22.1. The van der Waals surface area contributed by atoms with Crippen LogP contribution in [0.15, 0.2) is 30.2 Å². The molecule has 9 heteroatoms. The molecule has 1 atom stereocenters. The van der Waals surface area contributed by atoms with E-state index in [0.717, 1.165) is 26.4 Å². The average Bonchev–Trinajstić information content (AvgIpc) is 2.49. The molecular weight excluding hydrogens is 331 g/mol. The maximum atomic E-state index is 12.0. The van der Waals surface area contributed by atoms with Crippen LogP contribution in [-0.2, 0) is 21.2 Å². The quantitative estimate of drug-likeness (QED) is 0.558. The zero-order valence-electron chi connectivity index (χ0n) is 14.1. The summed E-state index contributed by atoms with van der Waals surface area (Å²) in [6, 6.07) is 5.67. The number of likely N-dealkylation sites (N-methyl/N-ethyl adjacent to an activating group) is 1. The molecule has 0 aromatic heterocycles. The molecule has 0 saturated heterocycles. The van der Waals surface area contributed by atoms with Gasteiger partial charge in [0.2, 0.25) is 15.9 Å². The van der Waals surface area contributed by atoms with Crippen molar-refractivity contribution in [3.05, 3.63) is 46.9 Å². The lowest BCUT2D eigenvalue weighted by Gasteiger charge is -2.20. The highest BCUT2D eigenvalue weighted by molar-refractivity contribution is 7.92. The molecule has 0 aliphatic heterocycles. The Morgan fingerprint density at radius 1 is 1.38 bits per heavy atom. The lowest BCUT2D eigenvalue weighted by atomic mass is 9.75. The zero-order chi connectivity index (χ0) is 18.5. The lowest BCUT2D eigenvalue weighted by molar-refractivity contribution is -0.121. The van der Waals surface area contributed by atoms with E-state index in [1.54, 1.807) is 0 Å². The summed E-state index contributed by atoms with van der Waals surface area (Å²) in [6.45, 7) is 6.65. The molecule has 3 N–H and O–H groups in total. The first-order chi connectivity index (χ1) is 11.1. The van der Waals surface area contributed by atoms with Crippen molar-refractivity contribution >= 4 is 23.0 Å². The smallest absolute Gasteiger partial charge is 0.426 e. The van der Waals surface area contributed by atoms with E-state index >= 15 is 0 Å². The molecule has 24 heavy (non-hydrogen) atoms. The van der Waals surface area contributed by atoms with Crippen molar-refractivity contribution in [1.29, 1.82) is 0 Å². The topological polar surface area (TPSA) is 107 Å². The largest absolute Gasteiger partial charge is 0.475 e. The molecule has 0 saturated carbocycles. The first kappa shape index (κ1) is 20.4. The molecule has 1 rings (SSSR count). The molecule has 0 radical (unpaired) electrons. The van der Waals surface area contributed by atoms with Crippen molar-refractivity contribution < 1.29 is 23.3 Å². The third-order valence-electron chi connectivity index (χ3n) is 3.74. The molecule has 132 valence electrons. The van der Waals surface area contributed by atoms with Crippen LogP contribution in [0.3, 0.4) is 0 Å². The highest BCUT2D eigenvalue weighted by atomic mass is 32.2. The monoisotopic (exact) mass is 354 g/mol. The Kier molecular flexibility index (Phi) is 7.16. The highest BCUT2D eigenvalue weighted by Gasteiger charge is 2.27. The first-order valence-corrected chi connectivity index (χ1v) is 8.87. The second-order valence-corrected chi connectivity index (χ2v) is 7.66. The van der Waals surface area contributed by atoms with Gasteiger partial charge in [0.15, 0.2) is 0 Å². The lowest BCUT2D eigenvalue weighted by Crippen LogP contribution is -2.50. The maximum Gasteiger partial charge on any atom is 0.475 e. The van der Waals surface area contributed by atoms with E-state index in [1.807, 2.05) is 32.0 Å². The minimum Gasteiger partial charge on any atom is -0.426 e. The number of sulfonamides is 1. The summed E-state index contributed by atoms with van der Waals surface area (Å²) in [7, 11) is -4.23. The Labute approximate surface area is 143 Å². The number of nitrogens with one attached hydrogen (secondary N) is 1. The van der Waals surface area contributed by atoms with Crippen molar-refractivity contribution in [3.63, 3.8) is 0 Å². The number of carbonyl (C=O) groups excluding carboxylic acids is 1. The Hall–Kier alpha value is -1.68. The number of rotatable bonds is 8. The number of hydrogen-bond acceptors (Lipinski definition) is 5. The SMILES string of the molecule is C=CS(=O)(=O)N(C)CC(=O)N[C@@H](Cc1ccc(C)c(C)c1)B(O)O. The molecule has 0 spiro atoms. The molecule has 0 heterocycles. The molecule has 0 aliphatic rings. The zero-order valence-corrected chi connectivity index (χ0v) is 14.9. The fraction of sp³-hybridized carbons (Fsp3) is 0.400. The van der Waals surface area contributed by atoms with Crippen molar-refractivity contribution in [3.8, 4) is 0 Å². The van der Waals surface area contributed by atoms with Gasteiger partial charge in [0.1, 0.15) is 0 Å². The molecule has 1 aromatic rings. The Bertz CT molecular complexity index is 706. The van der Waals surface area contributed by atoms with Gasteiger partial charge in [-0.25, -0.2) is 8.42 Å². The fourth-order valence-corrected chi connectivity index (χ4v) is 2.64. The maximum absolute atomic E-state index is 12.0. The van der Waals surface area contributed by atoms with E-state index in [-0.39, 0.29) is 6.42 Å². The molecular formula is C15H23BN2O5S. The number of nitrogens with zero attached hydrogens (tertiary/aromatic N) is 1. The van der Waals surface area contributed by atoms with Gasteiger partial charge >= 0.3 is 7.12 Å². The van der Waals surface area contributed by atoms with Crippen LogP contribution in [-0.4, -0.2) is 55.3 Å². The third-order valence-corrected chi connectivity index (χ3v) is 5.16. The van der Waals surface area contributed by atoms with Gasteiger partial charge in [-0.05, 0) is 37.0 Å². The van der Waals surface area contributed by atoms with Crippen molar-refractivity contribution in [2.75, 3.05) is 13.6 Å². The summed E-state index contributed by atoms with van der Waals surface area (Å²) < 4.78 is 23.9. The Balaban J connectivity index is 2.77. The molecule has 0 unspecified atom stereocenters. The van der Waals surface area contributed by atoms with Gasteiger partial charge in [-0.15, -0.1) is 0 Å². The van der Waals surface area contributed by atoms with Crippen LogP contribution >= 0.6 is 0 Å². The van der Waals surface area contributed by atoms with Gasteiger partial charge in [-0.2, -0.15) is 4.31 Å². The number of amides is 1. The average molecular weight is 354 g/mol. The molecule has 7 nitrogen and oxygen atoms in total. The van der Waals surface area contributed by atoms with Crippen LogP contribution in [0.1, 0.15) is 16.7 Å². The van der Waals surface area contributed by atoms with E-state index in [0.29, 0.717) is 0 Å². The standard InChI is InChI=1S/C15H23BN2O5S/c1-5-24(22,23)18(4)10-15(19)17-14(16(20)21)9-13-7-6-11(2)12(3)8-13/h5-8,14,20-21H,1,9-10H2,2-4H3,(H,17,19)/t14-/m0/s1. The third kappa shape index (κ3) is 5.75. The number of aryl methyl sites for hydroxylation is 2. The van der Waals surface area contributed by atoms with E-state index in [9.17, 15) is 23.3 Å². The van der Waals surface area contributed by atoms with E-state index in [1.165, 1.54) is 7.05 Å². The molecule has 1 amide bonds. The predicted molar refractivity (Wildman–Crippen MR) is 93.5 cm³/mol. The van der Waals surface area contributed by atoms with Crippen molar-refractivity contribution in [2.24, 2.45) is 0 Å². The highest BCUT2D eigenvalue weighted by Crippen LogP contribution is 2.12. The number of carbonyl (C=O) groups is 1. The molecule has 0 bridgehead atoms. The van der Waals surface area contributed by atoms with Crippen LogP contribution in [0.4, 0.5) is 0 Å². The van der Waals surface area contributed by atoms with E-state index < -0.39 is 35.5 Å². The predicted octanol–water partition coefficient (Wildman–Crippen LogP) is -0.252. The minimum absolute atomic E-state index is 0.211. The van der Waals surface area contributed by atoms with E-state index in [2.05, 4.69) is 11.9 Å². The van der Waals surface area contributed by atoms with E-state index in [4.69, 9.17) is 0 Å². The van der Waals surface area contributed by atoms with Gasteiger partial charge in [0.25, 0.3) is 0 Å². The summed E-state index contributed by atoms with van der Waals surface area (Å²) in [5.74, 6) is -1.58. The first-order valence-electron chi connectivity index (χ1n) is 7.37. The van der Waals surface area contributed by atoms with Crippen LogP contribution in [0.25, 0.3) is 0 Å². The van der Waals surface area contributed by atoms with Gasteiger partial charge in [0, 0.05) is 12.5 Å².